The van der Waals surface area contributed by atoms with E-state index in [4.69, 9.17) is 4.74 Å². The Morgan fingerprint density at radius 2 is 1.74 bits per heavy atom. The molecule has 138 valence electrons. The first-order valence-corrected chi connectivity index (χ1v) is 8.61. The number of fused-ring (bicyclic) bond motifs is 1. The Balaban J connectivity index is 1.57. The van der Waals surface area contributed by atoms with Gasteiger partial charge in [0.05, 0.1) is 11.6 Å². The largest absolute Gasteiger partial charge is 0.452 e. The summed E-state index contributed by atoms with van der Waals surface area (Å²) >= 11 is 0. The standard InChI is InChI=1S/C21H20N2O4/c1-14(24)19(11-15-7-3-2-4-8-15)23-20(25)13-27-21(26)17-12-22-18-10-6-5-9-16(17)18/h2-10,12,19,22H,11,13H2,1H3,(H,23,25). The maximum atomic E-state index is 12.2. The average molecular weight is 364 g/mol. The minimum atomic E-state index is -0.660. The van der Waals surface area contributed by atoms with Crippen molar-refractivity contribution in [3.63, 3.8) is 0 Å². The summed E-state index contributed by atoms with van der Waals surface area (Å²) in [6, 6.07) is 16.1. The number of hydrogen-bond donors (Lipinski definition) is 2. The highest BCUT2D eigenvalue weighted by Gasteiger charge is 2.19. The van der Waals surface area contributed by atoms with Gasteiger partial charge in [-0.3, -0.25) is 9.59 Å². The van der Waals surface area contributed by atoms with Crippen LogP contribution in [0.1, 0.15) is 22.8 Å². The predicted molar refractivity (Wildman–Crippen MR) is 101 cm³/mol. The number of ketones is 1. The Kier molecular flexibility index (Phi) is 5.66. The zero-order valence-corrected chi connectivity index (χ0v) is 14.9. The number of H-pyrrole nitrogens is 1. The lowest BCUT2D eigenvalue weighted by atomic mass is 10.0. The molecular formula is C21H20N2O4. The molecule has 0 spiro atoms. The molecule has 27 heavy (non-hydrogen) atoms. The van der Waals surface area contributed by atoms with Crippen molar-refractivity contribution >= 4 is 28.6 Å². The third-order valence-corrected chi connectivity index (χ3v) is 4.25. The Bertz CT molecular complexity index is 962. The summed E-state index contributed by atoms with van der Waals surface area (Å²) in [6.45, 7) is 0.975. The van der Waals surface area contributed by atoms with Crippen LogP contribution in [-0.2, 0) is 20.7 Å². The molecule has 6 nitrogen and oxygen atoms in total. The summed E-state index contributed by atoms with van der Waals surface area (Å²) in [5, 5.41) is 3.36. The Morgan fingerprint density at radius 1 is 1.04 bits per heavy atom. The van der Waals surface area contributed by atoms with Gasteiger partial charge in [-0.25, -0.2) is 4.79 Å². The molecule has 0 saturated carbocycles. The highest BCUT2D eigenvalue weighted by Crippen LogP contribution is 2.18. The van der Waals surface area contributed by atoms with Gasteiger partial charge in [0.2, 0.25) is 0 Å². The van der Waals surface area contributed by atoms with E-state index in [0.717, 1.165) is 16.5 Å². The number of nitrogens with one attached hydrogen (secondary N) is 2. The third kappa shape index (κ3) is 4.61. The molecule has 3 rings (SSSR count). The molecule has 3 aromatic rings. The van der Waals surface area contributed by atoms with E-state index in [9.17, 15) is 14.4 Å². The van der Waals surface area contributed by atoms with Crippen molar-refractivity contribution in [1.82, 2.24) is 10.3 Å². The molecule has 1 amide bonds. The van der Waals surface area contributed by atoms with Crippen LogP contribution in [0.3, 0.4) is 0 Å². The number of hydrogen-bond acceptors (Lipinski definition) is 4. The molecule has 1 aromatic heterocycles. The SMILES string of the molecule is CC(=O)C(Cc1ccccc1)NC(=O)COC(=O)c1c[nH]c2ccccc12. The summed E-state index contributed by atoms with van der Waals surface area (Å²) in [4.78, 5) is 39.2. The Labute approximate surface area is 156 Å². The van der Waals surface area contributed by atoms with Crippen molar-refractivity contribution in [1.29, 1.82) is 0 Å². The van der Waals surface area contributed by atoms with Crippen LogP contribution >= 0.6 is 0 Å². The van der Waals surface area contributed by atoms with E-state index in [2.05, 4.69) is 10.3 Å². The Hall–Kier alpha value is -3.41. The zero-order valence-electron chi connectivity index (χ0n) is 14.9. The number of esters is 1. The summed E-state index contributed by atoms with van der Waals surface area (Å²) in [5.74, 6) is -1.26. The van der Waals surface area contributed by atoms with Crippen molar-refractivity contribution in [3.05, 3.63) is 71.9 Å². The molecule has 1 unspecified atom stereocenters. The average Bonchev–Trinajstić information content (AvgIpc) is 3.10. The number of carbonyl (C=O) groups excluding carboxylic acids is 3. The molecule has 1 heterocycles. The van der Waals surface area contributed by atoms with Crippen LogP contribution < -0.4 is 5.32 Å². The molecule has 0 aliphatic heterocycles. The van der Waals surface area contributed by atoms with E-state index >= 15 is 0 Å². The van der Waals surface area contributed by atoms with E-state index < -0.39 is 24.5 Å². The molecule has 0 aliphatic carbocycles. The maximum Gasteiger partial charge on any atom is 0.340 e. The van der Waals surface area contributed by atoms with Crippen molar-refractivity contribution in [3.8, 4) is 0 Å². The van der Waals surface area contributed by atoms with Gasteiger partial charge in [-0.1, -0.05) is 48.5 Å². The van der Waals surface area contributed by atoms with Crippen LogP contribution in [0, 0.1) is 0 Å². The lowest BCUT2D eigenvalue weighted by molar-refractivity contribution is -0.128. The quantitative estimate of drug-likeness (QED) is 0.631. The molecule has 6 heteroatoms. The lowest BCUT2D eigenvalue weighted by Crippen LogP contribution is -2.43. The number of para-hydroxylation sites is 1. The fraction of sp³-hybridized carbons (Fsp3) is 0.190. The van der Waals surface area contributed by atoms with Gasteiger partial charge in [-0.15, -0.1) is 0 Å². The van der Waals surface area contributed by atoms with Gasteiger partial charge in [-0.2, -0.15) is 0 Å². The summed E-state index contributed by atoms with van der Waals surface area (Å²) in [7, 11) is 0. The number of amides is 1. The molecule has 2 N–H and O–H groups in total. The number of aromatic nitrogens is 1. The molecule has 0 bridgehead atoms. The molecule has 0 fully saturated rings. The maximum absolute atomic E-state index is 12.2. The number of carbonyl (C=O) groups is 3. The number of rotatable bonds is 7. The van der Waals surface area contributed by atoms with E-state index in [0.29, 0.717) is 12.0 Å². The summed E-state index contributed by atoms with van der Waals surface area (Å²) in [6.07, 6.45) is 1.94. The molecule has 1 atom stereocenters. The van der Waals surface area contributed by atoms with E-state index in [1.807, 2.05) is 48.5 Å². The van der Waals surface area contributed by atoms with E-state index in [1.54, 1.807) is 12.3 Å². The van der Waals surface area contributed by atoms with Gasteiger partial charge in [-0.05, 0) is 25.0 Å². The smallest absolute Gasteiger partial charge is 0.340 e. The van der Waals surface area contributed by atoms with Gasteiger partial charge in [0.15, 0.2) is 12.4 Å². The number of benzene rings is 2. The Morgan fingerprint density at radius 3 is 2.48 bits per heavy atom. The van der Waals surface area contributed by atoms with Gasteiger partial charge >= 0.3 is 5.97 Å². The molecule has 0 aliphatic rings. The fourth-order valence-corrected chi connectivity index (χ4v) is 2.83. The number of Topliss-reactive ketones (excluding diaryl/α,β-unsaturated/α-hetero) is 1. The highest BCUT2D eigenvalue weighted by molar-refractivity contribution is 6.04. The van der Waals surface area contributed by atoms with Gasteiger partial charge in [0.25, 0.3) is 5.91 Å². The molecule has 2 aromatic carbocycles. The summed E-state index contributed by atoms with van der Waals surface area (Å²) < 4.78 is 5.10. The van der Waals surface area contributed by atoms with Crippen LogP contribution in [0.25, 0.3) is 10.9 Å². The zero-order chi connectivity index (χ0) is 19.2. The molecule has 0 radical (unpaired) electrons. The van der Waals surface area contributed by atoms with Crippen molar-refractivity contribution in [2.75, 3.05) is 6.61 Å². The number of ether oxygens (including phenoxy) is 1. The van der Waals surface area contributed by atoms with Crippen LogP contribution in [0.2, 0.25) is 0 Å². The van der Waals surface area contributed by atoms with Crippen molar-refractivity contribution < 1.29 is 19.1 Å². The van der Waals surface area contributed by atoms with Crippen LogP contribution in [0.4, 0.5) is 0 Å². The topological polar surface area (TPSA) is 88.3 Å². The first-order chi connectivity index (χ1) is 13.0. The second-order valence-electron chi connectivity index (χ2n) is 6.24. The first-order valence-electron chi connectivity index (χ1n) is 8.61. The van der Waals surface area contributed by atoms with E-state index in [-0.39, 0.29) is 5.78 Å². The minimum Gasteiger partial charge on any atom is -0.452 e. The van der Waals surface area contributed by atoms with Crippen LogP contribution in [0.15, 0.2) is 60.8 Å². The van der Waals surface area contributed by atoms with Crippen LogP contribution in [-0.4, -0.2) is 35.3 Å². The van der Waals surface area contributed by atoms with Crippen molar-refractivity contribution in [2.24, 2.45) is 0 Å². The fourth-order valence-electron chi connectivity index (χ4n) is 2.83. The van der Waals surface area contributed by atoms with Crippen LogP contribution in [0.5, 0.6) is 0 Å². The number of aromatic amines is 1. The van der Waals surface area contributed by atoms with Gasteiger partial charge in [0.1, 0.15) is 0 Å². The first kappa shape index (κ1) is 18.4. The molecule has 0 saturated heterocycles. The van der Waals surface area contributed by atoms with Gasteiger partial charge < -0.3 is 15.0 Å². The van der Waals surface area contributed by atoms with Crippen molar-refractivity contribution in [2.45, 2.75) is 19.4 Å². The predicted octanol–water partition coefficient (Wildman–Crippen LogP) is 2.64. The normalized spacial score (nSPS) is 11.7. The van der Waals surface area contributed by atoms with Gasteiger partial charge in [0, 0.05) is 17.1 Å². The van der Waals surface area contributed by atoms with E-state index in [1.165, 1.54) is 6.92 Å². The second-order valence-corrected chi connectivity index (χ2v) is 6.24. The highest BCUT2D eigenvalue weighted by atomic mass is 16.5. The molecular weight excluding hydrogens is 344 g/mol. The third-order valence-electron chi connectivity index (χ3n) is 4.25. The monoisotopic (exact) mass is 364 g/mol. The second kappa shape index (κ2) is 8.31. The lowest BCUT2D eigenvalue weighted by Gasteiger charge is -2.16. The summed E-state index contributed by atoms with van der Waals surface area (Å²) in [5.41, 5.74) is 2.12. The minimum absolute atomic E-state index is 0.157.